The second-order valence-corrected chi connectivity index (χ2v) is 5.86. The number of hydrogen-bond donors (Lipinski definition) is 1. The van der Waals surface area contributed by atoms with Crippen LogP contribution in [0.15, 0.2) is 0 Å². The molecule has 1 aliphatic rings. The second-order valence-electron chi connectivity index (χ2n) is 5.86. The summed E-state index contributed by atoms with van der Waals surface area (Å²) in [5, 5.41) is 9.71. The molecule has 0 aromatic rings. The van der Waals surface area contributed by atoms with Crippen LogP contribution in [0, 0.1) is 0 Å². The maximum Gasteiger partial charge on any atom is 0.318 e. The Bertz CT molecular complexity index is 337. The minimum Gasteiger partial charge on any atom is -0.356 e. The number of hydrogen-bond acceptors (Lipinski definition) is 3. The first-order valence-corrected chi connectivity index (χ1v) is 8.14. The number of carbonyl (C=O) groups excluding carboxylic acids is 1. The van der Waals surface area contributed by atoms with Gasteiger partial charge in [-0.3, -0.25) is 9.37 Å². The van der Waals surface area contributed by atoms with Crippen LogP contribution in [0.5, 0.6) is 0 Å². The van der Waals surface area contributed by atoms with E-state index in [1.54, 1.807) is 6.92 Å². The van der Waals surface area contributed by atoms with Gasteiger partial charge < -0.3 is 5.11 Å². The highest BCUT2D eigenvalue weighted by Gasteiger charge is 2.36. The zero-order chi connectivity index (χ0) is 15.0. The van der Waals surface area contributed by atoms with Gasteiger partial charge in [-0.05, 0) is 6.42 Å². The predicted octanol–water partition coefficient (Wildman–Crippen LogP) is 2.39. The predicted molar refractivity (Wildman–Crippen MR) is 82.1 cm³/mol. The van der Waals surface area contributed by atoms with Crippen molar-refractivity contribution in [1.29, 1.82) is 0 Å². The van der Waals surface area contributed by atoms with Gasteiger partial charge in [0.15, 0.2) is 6.23 Å². The molecule has 4 nitrogen and oxygen atoms in total. The Morgan fingerprint density at radius 3 is 2.45 bits per heavy atom. The molecular formula is C16H31N2O2+. The van der Waals surface area contributed by atoms with E-state index in [4.69, 9.17) is 0 Å². The van der Waals surface area contributed by atoms with E-state index >= 15 is 0 Å². The summed E-state index contributed by atoms with van der Waals surface area (Å²) in [5.41, 5.74) is 0. The number of aliphatic hydroxyl groups is 1. The number of likely N-dealkylation sites (N-methyl/N-ethyl adjacent to an activating group) is 1. The molecule has 0 amide bonds. The number of amidine groups is 1. The highest BCUT2D eigenvalue weighted by Crippen LogP contribution is 2.12. The van der Waals surface area contributed by atoms with Gasteiger partial charge in [-0.15, -0.1) is 0 Å². The van der Waals surface area contributed by atoms with Crippen molar-refractivity contribution in [3.63, 3.8) is 0 Å². The van der Waals surface area contributed by atoms with E-state index < -0.39 is 6.23 Å². The SMILES string of the molecule is CCCCCCCCCC(=O)C1=[N+](C)CCN1C(C)O. The molecule has 0 aromatic carbocycles. The summed E-state index contributed by atoms with van der Waals surface area (Å²) in [7, 11) is 1.93. The van der Waals surface area contributed by atoms with Crippen LogP contribution >= 0.6 is 0 Å². The molecule has 4 heteroatoms. The van der Waals surface area contributed by atoms with Crippen molar-refractivity contribution in [1.82, 2.24) is 4.90 Å². The third-order valence-corrected chi connectivity index (χ3v) is 4.02. The van der Waals surface area contributed by atoms with E-state index in [1.165, 1.54) is 32.1 Å². The summed E-state index contributed by atoms with van der Waals surface area (Å²) in [6.45, 7) is 5.51. The van der Waals surface area contributed by atoms with Crippen LogP contribution in [0.2, 0.25) is 0 Å². The highest BCUT2D eigenvalue weighted by molar-refractivity contribution is 6.36. The number of aliphatic hydroxyl groups excluding tert-OH is 1. The zero-order valence-corrected chi connectivity index (χ0v) is 13.4. The lowest BCUT2D eigenvalue weighted by Gasteiger charge is -2.14. The Hall–Kier alpha value is -0.900. The van der Waals surface area contributed by atoms with Crippen LogP contribution in [-0.2, 0) is 4.79 Å². The van der Waals surface area contributed by atoms with Crippen molar-refractivity contribution in [3.05, 3.63) is 0 Å². The van der Waals surface area contributed by atoms with Crippen molar-refractivity contribution >= 4 is 11.6 Å². The first-order chi connectivity index (χ1) is 9.57. The van der Waals surface area contributed by atoms with Crippen molar-refractivity contribution < 1.29 is 14.5 Å². The Morgan fingerprint density at radius 2 is 1.85 bits per heavy atom. The molecule has 20 heavy (non-hydrogen) atoms. The molecule has 116 valence electrons. The van der Waals surface area contributed by atoms with Crippen molar-refractivity contribution in [3.8, 4) is 0 Å². The Kier molecular flexibility index (Phi) is 7.82. The van der Waals surface area contributed by atoms with Crippen molar-refractivity contribution in [2.24, 2.45) is 0 Å². The van der Waals surface area contributed by atoms with Gasteiger partial charge in [-0.1, -0.05) is 45.4 Å². The summed E-state index contributed by atoms with van der Waals surface area (Å²) >= 11 is 0. The number of ketones is 1. The van der Waals surface area contributed by atoms with Crippen molar-refractivity contribution in [2.75, 3.05) is 20.1 Å². The van der Waals surface area contributed by atoms with Crippen LogP contribution in [-0.4, -0.2) is 52.6 Å². The third kappa shape index (κ3) is 5.23. The van der Waals surface area contributed by atoms with Gasteiger partial charge in [0.05, 0.1) is 7.05 Å². The molecule has 0 aromatic heterocycles. The van der Waals surface area contributed by atoms with Crippen LogP contribution in [0.1, 0.15) is 65.2 Å². The lowest BCUT2D eigenvalue weighted by atomic mass is 10.1. The lowest BCUT2D eigenvalue weighted by Crippen LogP contribution is -2.41. The molecule has 1 N–H and O–H groups in total. The number of rotatable bonds is 10. The Balaban J connectivity index is 2.27. The quantitative estimate of drug-likeness (QED) is 0.494. The highest BCUT2D eigenvalue weighted by atomic mass is 16.3. The van der Waals surface area contributed by atoms with Gasteiger partial charge in [0, 0.05) is 13.3 Å². The zero-order valence-electron chi connectivity index (χ0n) is 13.4. The molecule has 1 aliphatic heterocycles. The van der Waals surface area contributed by atoms with Crippen LogP contribution in [0.3, 0.4) is 0 Å². The smallest absolute Gasteiger partial charge is 0.318 e. The molecule has 1 rings (SSSR count). The molecule has 0 saturated heterocycles. The molecular weight excluding hydrogens is 252 g/mol. The molecule has 0 aliphatic carbocycles. The molecule has 0 bridgehead atoms. The Morgan fingerprint density at radius 1 is 1.25 bits per heavy atom. The molecule has 1 heterocycles. The fraction of sp³-hybridized carbons (Fsp3) is 0.875. The van der Waals surface area contributed by atoms with E-state index in [1.807, 2.05) is 16.5 Å². The maximum atomic E-state index is 12.3. The molecule has 0 saturated carbocycles. The average Bonchev–Trinajstić information content (AvgIpc) is 2.79. The first kappa shape index (κ1) is 17.2. The van der Waals surface area contributed by atoms with Gasteiger partial charge >= 0.3 is 5.84 Å². The standard InChI is InChI=1S/C16H31N2O2/c1-4-5-6-7-8-9-10-11-15(20)16-17(3)12-13-18(16)14(2)19/h14,19H,4-13H2,1-3H3/q+1. The Labute approximate surface area is 123 Å². The maximum absolute atomic E-state index is 12.3. The van der Waals surface area contributed by atoms with Crippen LogP contribution in [0.4, 0.5) is 0 Å². The van der Waals surface area contributed by atoms with Gasteiger partial charge in [-0.2, -0.15) is 0 Å². The lowest BCUT2D eigenvalue weighted by molar-refractivity contribution is -0.485. The van der Waals surface area contributed by atoms with Gasteiger partial charge in [0.1, 0.15) is 13.1 Å². The summed E-state index contributed by atoms with van der Waals surface area (Å²) in [6.07, 6.45) is 8.59. The third-order valence-electron chi connectivity index (χ3n) is 4.02. The van der Waals surface area contributed by atoms with E-state index in [2.05, 4.69) is 6.92 Å². The fourth-order valence-corrected chi connectivity index (χ4v) is 2.78. The molecule has 0 fully saturated rings. The summed E-state index contributed by atoms with van der Waals surface area (Å²) in [6, 6.07) is 0. The largest absolute Gasteiger partial charge is 0.356 e. The summed E-state index contributed by atoms with van der Waals surface area (Å²) in [4.78, 5) is 14.1. The first-order valence-electron chi connectivity index (χ1n) is 8.14. The monoisotopic (exact) mass is 283 g/mol. The number of carbonyl (C=O) groups is 1. The summed E-state index contributed by atoms with van der Waals surface area (Å²) in [5.74, 6) is 0.880. The number of nitrogens with zero attached hydrogens (tertiary/aromatic N) is 2. The number of Topliss-reactive ketones (excluding diaryl/α,β-unsaturated/α-hetero) is 1. The van der Waals surface area contributed by atoms with E-state index in [-0.39, 0.29) is 5.78 Å². The van der Waals surface area contributed by atoms with Crippen LogP contribution < -0.4 is 0 Å². The minimum absolute atomic E-state index is 0.180. The van der Waals surface area contributed by atoms with E-state index in [0.717, 1.165) is 25.9 Å². The van der Waals surface area contributed by atoms with Gasteiger partial charge in [-0.25, -0.2) is 4.90 Å². The molecule has 0 spiro atoms. The van der Waals surface area contributed by atoms with Crippen LogP contribution in [0.25, 0.3) is 0 Å². The molecule has 1 unspecified atom stereocenters. The average molecular weight is 283 g/mol. The second kappa shape index (κ2) is 9.11. The van der Waals surface area contributed by atoms with E-state index in [9.17, 15) is 9.90 Å². The van der Waals surface area contributed by atoms with Crippen molar-refractivity contribution in [2.45, 2.75) is 71.4 Å². The van der Waals surface area contributed by atoms with E-state index in [0.29, 0.717) is 12.3 Å². The van der Waals surface area contributed by atoms with Gasteiger partial charge in [0.25, 0.3) is 0 Å². The summed E-state index contributed by atoms with van der Waals surface area (Å²) < 4.78 is 1.97. The fourth-order valence-electron chi connectivity index (χ4n) is 2.78. The number of unbranched alkanes of at least 4 members (excludes halogenated alkanes) is 6. The van der Waals surface area contributed by atoms with Gasteiger partial charge in [0.2, 0.25) is 5.78 Å². The normalized spacial score (nSPS) is 16.9. The molecule has 1 atom stereocenters. The molecule has 0 radical (unpaired) electrons. The minimum atomic E-state index is -0.576. The topological polar surface area (TPSA) is 43.5 Å².